The molecule has 98 valence electrons. The molecule has 1 aromatic carbocycles. The van der Waals surface area contributed by atoms with Crippen molar-refractivity contribution in [3.05, 3.63) is 23.8 Å². The lowest BCUT2D eigenvalue weighted by Crippen LogP contribution is -2.45. The van der Waals surface area contributed by atoms with Crippen LogP contribution in [0, 0.1) is 0 Å². The number of ether oxygens (including phenoxy) is 1. The number of amides is 1. The van der Waals surface area contributed by atoms with E-state index in [-0.39, 0.29) is 17.7 Å². The van der Waals surface area contributed by atoms with Gasteiger partial charge >= 0.3 is 0 Å². The van der Waals surface area contributed by atoms with Crippen LogP contribution in [0.1, 0.15) is 23.2 Å². The molecule has 1 atom stereocenters. The SMILES string of the molecule is COc1ccc(C(=O)N[C@H]2CCCNC2)cc1O. The second-order valence-corrected chi connectivity index (χ2v) is 4.40. The van der Waals surface area contributed by atoms with Gasteiger partial charge in [-0.25, -0.2) is 0 Å². The predicted octanol–water partition coefficient (Wildman–Crippen LogP) is 0.883. The van der Waals surface area contributed by atoms with Crippen molar-refractivity contribution in [1.29, 1.82) is 0 Å². The highest BCUT2D eigenvalue weighted by Crippen LogP contribution is 2.26. The molecule has 18 heavy (non-hydrogen) atoms. The normalized spacial score (nSPS) is 19.3. The Bertz CT molecular complexity index is 428. The molecule has 0 aromatic heterocycles. The molecule has 3 N–H and O–H groups in total. The van der Waals surface area contributed by atoms with E-state index in [1.165, 1.54) is 13.2 Å². The number of hydrogen-bond acceptors (Lipinski definition) is 4. The maximum atomic E-state index is 12.0. The molecule has 5 heteroatoms. The Morgan fingerprint density at radius 2 is 2.39 bits per heavy atom. The summed E-state index contributed by atoms with van der Waals surface area (Å²) in [4.78, 5) is 12.0. The number of carbonyl (C=O) groups excluding carboxylic acids is 1. The Morgan fingerprint density at radius 3 is 3.00 bits per heavy atom. The molecule has 5 nitrogen and oxygen atoms in total. The summed E-state index contributed by atoms with van der Waals surface area (Å²) in [6.07, 6.45) is 2.06. The number of aromatic hydroxyl groups is 1. The number of phenolic OH excluding ortho intramolecular Hbond substituents is 1. The fraction of sp³-hybridized carbons (Fsp3) is 0.462. The molecule has 0 aliphatic carbocycles. The minimum absolute atomic E-state index is 0.0214. The lowest BCUT2D eigenvalue weighted by atomic mass is 10.1. The fourth-order valence-electron chi connectivity index (χ4n) is 2.07. The van der Waals surface area contributed by atoms with Crippen molar-refractivity contribution in [3.63, 3.8) is 0 Å². The highest BCUT2D eigenvalue weighted by molar-refractivity contribution is 5.95. The maximum Gasteiger partial charge on any atom is 0.251 e. The molecule has 1 aliphatic rings. The smallest absolute Gasteiger partial charge is 0.251 e. The van der Waals surface area contributed by atoms with Crippen LogP contribution in [0.15, 0.2) is 18.2 Å². The predicted molar refractivity (Wildman–Crippen MR) is 68.0 cm³/mol. The van der Waals surface area contributed by atoms with Crippen LogP contribution in [0.2, 0.25) is 0 Å². The van der Waals surface area contributed by atoms with Crippen LogP contribution in [0.5, 0.6) is 11.5 Å². The molecule has 0 spiro atoms. The van der Waals surface area contributed by atoms with E-state index in [9.17, 15) is 9.90 Å². The molecular formula is C13H18N2O3. The van der Waals surface area contributed by atoms with Crippen LogP contribution in [-0.4, -0.2) is 37.3 Å². The number of nitrogens with one attached hydrogen (secondary N) is 2. The van der Waals surface area contributed by atoms with Crippen LogP contribution in [0.25, 0.3) is 0 Å². The molecule has 1 heterocycles. The maximum absolute atomic E-state index is 12.0. The van der Waals surface area contributed by atoms with Crippen LogP contribution in [0.3, 0.4) is 0 Å². The Morgan fingerprint density at radius 1 is 1.56 bits per heavy atom. The standard InChI is InChI=1S/C13H18N2O3/c1-18-12-5-4-9(7-11(12)16)13(17)15-10-3-2-6-14-8-10/h4-5,7,10,14,16H,2-3,6,8H2,1H3,(H,15,17)/t10-/m0/s1. The van der Waals surface area contributed by atoms with Gasteiger partial charge in [0.05, 0.1) is 7.11 Å². The summed E-state index contributed by atoms with van der Waals surface area (Å²) in [6, 6.07) is 4.81. The van der Waals surface area contributed by atoms with Gasteiger partial charge in [-0.15, -0.1) is 0 Å². The van der Waals surface area contributed by atoms with Crippen LogP contribution in [-0.2, 0) is 0 Å². The zero-order chi connectivity index (χ0) is 13.0. The molecule has 1 aromatic rings. The van der Waals surface area contributed by atoms with Gasteiger partial charge in [-0.05, 0) is 37.6 Å². The fourth-order valence-corrected chi connectivity index (χ4v) is 2.07. The first-order chi connectivity index (χ1) is 8.70. The van der Waals surface area contributed by atoms with E-state index in [1.54, 1.807) is 12.1 Å². The van der Waals surface area contributed by atoms with Crippen LogP contribution < -0.4 is 15.4 Å². The highest BCUT2D eigenvalue weighted by atomic mass is 16.5. The molecule has 2 rings (SSSR count). The van der Waals surface area contributed by atoms with E-state index < -0.39 is 0 Å². The lowest BCUT2D eigenvalue weighted by molar-refractivity contribution is 0.0930. The average Bonchev–Trinajstić information content (AvgIpc) is 2.39. The lowest BCUT2D eigenvalue weighted by Gasteiger charge is -2.23. The Balaban J connectivity index is 2.01. The van der Waals surface area contributed by atoms with Gasteiger partial charge in [0.15, 0.2) is 11.5 Å². The summed E-state index contributed by atoms with van der Waals surface area (Å²) >= 11 is 0. The van der Waals surface area contributed by atoms with Crippen molar-refractivity contribution in [3.8, 4) is 11.5 Å². The number of carbonyl (C=O) groups is 1. The first kappa shape index (κ1) is 12.7. The zero-order valence-electron chi connectivity index (χ0n) is 10.4. The van der Waals surface area contributed by atoms with E-state index in [0.29, 0.717) is 11.3 Å². The van der Waals surface area contributed by atoms with E-state index in [0.717, 1.165) is 25.9 Å². The Hall–Kier alpha value is -1.75. The van der Waals surface area contributed by atoms with Crippen molar-refractivity contribution in [1.82, 2.24) is 10.6 Å². The van der Waals surface area contributed by atoms with Crippen molar-refractivity contribution in [2.75, 3.05) is 20.2 Å². The van der Waals surface area contributed by atoms with Crippen molar-refractivity contribution < 1.29 is 14.6 Å². The first-order valence-corrected chi connectivity index (χ1v) is 6.09. The number of methoxy groups -OCH3 is 1. The largest absolute Gasteiger partial charge is 0.504 e. The van der Waals surface area contributed by atoms with E-state index >= 15 is 0 Å². The molecule has 0 bridgehead atoms. The summed E-state index contributed by atoms with van der Waals surface area (Å²) in [5.41, 5.74) is 0.443. The van der Waals surface area contributed by atoms with Crippen molar-refractivity contribution >= 4 is 5.91 Å². The van der Waals surface area contributed by atoms with Gasteiger partial charge in [-0.1, -0.05) is 0 Å². The van der Waals surface area contributed by atoms with Gasteiger partial charge in [0.1, 0.15) is 0 Å². The Kier molecular flexibility index (Phi) is 4.04. The summed E-state index contributed by atoms with van der Waals surface area (Å²) < 4.78 is 4.94. The Labute approximate surface area is 106 Å². The second kappa shape index (κ2) is 5.73. The molecule has 1 amide bonds. The third kappa shape index (κ3) is 2.92. The average molecular weight is 250 g/mol. The van der Waals surface area contributed by atoms with Gasteiger partial charge in [0, 0.05) is 18.2 Å². The summed E-state index contributed by atoms with van der Waals surface area (Å²) in [7, 11) is 1.47. The minimum Gasteiger partial charge on any atom is -0.504 e. The monoisotopic (exact) mass is 250 g/mol. The molecule has 0 unspecified atom stereocenters. The summed E-state index contributed by atoms with van der Waals surface area (Å²) in [5.74, 6) is 0.180. The summed E-state index contributed by atoms with van der Waals surface area (Å²) in [6.45, 7) is 1.81. The molecule has 1 saturated heterocycles. The van der Waals surface area contributed by atoms with E-state index in [4.69, 9.17) is 4.74 Å². The molecule has 0 saturated carbocycles. The molecular weight excluding hydrogens is 232 g/mol. The first-order valence-electron chi connectivity index (χ1n) is 6.09. The third-order valence-electron chi connectivity index (χ3n) is 3.07. The van der Waals surface area contributed by atoms with Crippen molar-refractivity contribution in [2.45, 2.75) is 18.9 Å². The number of rotatable bonds is 3. The number of piperidine rings is 1. The van der Waals surface area contributed by atoms with Gasteiger partial charge in [-0.2, -0.15) is 0 Å². The number of benzene rings is 1. The summed E-state index contributed by atoms with van der Waals surface area (Å²) in [5, 5.41) is 15.8. The number of phenols is 1. The highest BCUT2D eigenvalue weighted by Gasteiger charge is 2.17. The molecule has 1 aliphatic heterocycles. The van der Waals surface area contributed by atoms with Gasteiger partial charge in [-0.3, -0.25) is 4.79 Å². The number of hydrogen-bond donors (Lipinski definition) is 3. The molecule has 1 fully saturated rings. The second-order valence-electron chi connectivity index (χ2n) is 4.40. The third-order valence-corrected chi connectivity index (χ3v) is 3.07. The minimum atomic E-state index is -0.165. The van der Waals surface area contributed by atoms with E-state index in [1.807, 2.05) is 0 Å². The van der Waals surface area contributed by atoms with Gasteiger partial charge in [0.2, 0.25) is 0 Å². The van der Waals surface area contributed by atoms with Crippen molar-refractivity contribution in [2.24, 2.45) is 0 Å². The zero-order valence-corrected chi connectivity index (χ0v) is 10.4. The van der Waals surface area contributed by atoms with E-state index in [2.05, 4.69) is 10.6 Å². The van der Waals surface area contributed by atoms with Gasteiger partial charge < -0.3 is 20.5 Å². The topological polar surface area (TPSA) is 70.6 Å². The quantitative estimate of drug-likeness (QED) is 0.745. The van der Waals surface area contributed by atoms with Crippen LogP contribution in [0.4, 0.5) is 0 Å². The molecule has 0 radical (unpaired) electrons. The van der Waals surface area contributed by atoms with Gasteiger partial charge in [0.25, 0.3) is 5.91 Å². The van der Waals surface area contributed by atoms with Crippen LogP contribution >= 0.6 is 0 Å².